The van der Waals surface area contributed by atoms with Gasteiger partial charge in [0.1, 0.15) is 0 Å². The second-order valence-electron chi connectivity index (χ2n) is 6.49. The molecule has 2 aliphatic rings. The first-order chi connectivity index (χ1) is 9.70. The highest BCUT2D eigenvalue weighted by atomic mass is 16.2. The van der Waals surface area contributed by atoms with Crippen molar-refractivity contribution in [2.75, 3.05) is 6.54 Å². The van der Waals surface area contributed by atoms with Crippen LogP contribution in [0.1, 0.15) is 37.7 Å². The van der Waals surface area contributed by atoms with Gasteiger partial charge in [-0.2, -0.15) is 0 Å². The smallest absolute Gasteiger partial charge is 0.236 e. The maximum atomic E-state index is 12.0. The molecule has 1 amide bonds. The maximum Gasteiger partial charge on any atom is 0.236 e. The van der Waals surface area contributed by atoms with Crippen LogP contribution in [0.15, 0.2) is 30.3 Å². The summed E-state index contributed by atoms with van der Waals surface area (Å²) in [6, 6.07) is 9.82. The molecule has 0 aromatic heterocycles. The third-order valence-electron chi connectivity index (χ3n) is 4.87. The summed E-state index contributed by atoms with van der Waals surface area (Å²) in [6.07, 6.45) is 6.87. The molecule has 3 N–H and O–H groups in total. The average molecular weight is 272 g/mol. The molecular weight excluding hydrogens is 248 g/mol. The first-order valence-electron chi connectivity index (χ1n) is 7.77. The van der Waals surface area contributed by atoms with Crippen LogP contribution in [-0.2, 0) is 11.2 Å². The zero-order valence-electron chi connectivity index (χ0n) is 12.0. The number of amides is 1. The zero-order valence-corrected chi connectivity index (χ0v) is 12.0. The predicted molar refractivity (Wildman–Crippen MR) is 80.1 cm³/mol. The van der Waals surface area contributed by atoms with Crippen molar-refractivity contribution in [2.45, 2.75) is 44.6 Å². The van der Waals surface area contributed by atoms with Gasteiger partial charge in [0.25, 0.3) is 0 Å². The number of aryl methyl sites for hydroxylation is 1. The lowest BCUT2D eigenvalue weighted by Gasteiger charge is -2.17. The predicted octanol–water partition coefficient (Wildman–Crippen LogP) is 2.25. The second-order valence-corrected chi connectivity index (χ2v) is 6.49. The van der Waals surface area contributed by atoms with E-state index in [-0.39, 0.29) is 11.9 Å². The van der Waals surface area contributed by atoms with Crippen molar-refractivity contribution >= 4 is 5.91 Å². The largest absolute Gasteiger partial charge is 0.354 e. The van der Waals surface area contributed by atoms with Crippen molar-refractivity contribution in [2.24, 2.45) is 17.1 Å². The molecule has 1 atom stereocenters. The quantitative estimate of drug-likeness (QED) is 0.800. The number of hydrogen-bond acceptors (Lipinski definition) is 2. The monoisotopic (exact) mass is 272 g/mol. The number of nitrogens with one attached hydrogen (secondary N) is 1. The first-order valence-corrected chi connectivity index (χ1v) is 7.77. The van der Waals surface area contributed by atoms with Gasteiger partial charge in [-0.25, -0.2) is 0 Å². The highest BCUT2D eigenvalue weighted by Gasteiger charge is 2.53. The van der Waals surface area contributed by atoms with Crippen molar-refractivity contribution in [3.05, 3.63) is 35.9 Å². The molecule has 0 bridgehead atoms. The van der Waals surface area contributed by atoms with Crippen molar-refractivity contribution < 1.29 is 4.79 Å². The van der Waals surface area contributed by atoms with Crippen LogP contribution < -0.4 is 11.1 Å². The maximum absolute atomic E-state index is 12.0. The summed E-state index contributed by atoms with van der Waals surface area (Å²) in [5.41, 5.74) is 7.69. The average Bonchev–Trinajstić information content (AvgIpc) is 3.36. The summed E-state index contributed by atoms with van der Waals surface area (Å²) < 4.78 is 0. The minimum atomic E-state index is -0.384. The van der Waals surface area contributed by atoms with Crippen LogP contribution in [0, 0.1) is 11.3 Å². The van der Waals surface area contributed by atoms with Crippen LogP contribution in [0.3, 0.4) is 0 Å². The molecule has 3 nitrogen and oxygen atoms in total. The second kappa shape index (κ2) is 5.57. The summed E-state index contributed by atoms with van der Waals surface area (Å²) in [5.74, 6) is 0.899. The Bertz CT molecular complexity index is 463. The first kappa shape index (κ1) is 13.6. The molecule has 3 heteroatoms. The lowest BCUT2D eigenvalue weighted by Crippen LogP contribution is -2.43. The highest BCUT2D eigenvalue weighted by molar-refractivity contribution is 5.81. The molecule has 1 aromatic carbocycles. The Balaban J connectivity index is 1.40. The molecular formula is C17H24N2O. The molecule has 0 spiro atoms. The van der Waals surface area contributed by atoms with Crippen molar-refractivity contribution in [3.63, 3.8) is 0 Å². The minimum absolute atomic E-state index is 0.0212. The van der Waals surface area contributed by atoms with Crippen LogP contribution in [0.4, 0.5) is 0 Å². The van der Waals surface area contributed by atoms with Crippen molar-refractivity contribution in [1.29, 1.82) is 0 Å². The zero-order chi connectivity index (χ0) is 14.0. The van der Waals surface area contributed by atoms with E-state index < -0.39 is 0 Å². The van der Waals surface area contributed by atoms with Crippen LogP contribution in [0.2, 0.25) is 0 Å². The van der Waals surface area contributed by atoms with E-state index in [1.54, 1.807) is 0 Å². The van der Waals surface area contributed by atoms with E-state index in [9.17, 15) is 4.79 Å². The van der Waals surface area contributed by atoms with Gasteiger partial charge in [-0.3, -0.25) is 4.79 Å². The Morgan fingerprint density at radius 3 is 2.60 bits per heavy atom. The van der Waals surface area contributed by atoms with Crippen LogP contribution in [-0.4, -0.2) is 18.5 Å². The highest BCUT2D eigenvalue weighted by Crippen LogP contribution is 2.60. The Morgan fingerprint density at radius 2 is 2.00 bits per heavy atom. The van der Waals surface area contributed by atoms with Gasteiger partial charge >= 0.3 is 0 Å². The van der Waals surface area contributed by atoms with Crippen LogP contribution in [0.5, 0.6) is 0 Å². The van der Waals surface area contributed by atoms with Crippen molar-refractivity contribution in [3.8, 4) is 0 Å². The van der Waals surface area contributed by atoms with E-state index in [0.29, 0.717) is 11.8 Å². The Morgan fingerprint density at radius 1 is 1.30 bits per heavy atom. The molecule has 2 saturated carbocycles. The Labute approximate surface area is 120 Å². The van der Waals surface area contributed by atoms with E-state index in [1.165, 1.54) is 31.2 Å². The van der Waals surface area contributed by atoms with Gasteiger partial charge < -0.3 is 11.1 Å². The van der Waals surface area contributed by atoms with Gasteiger partial charge in [0, 0.05) is 6.54 Å². The molecule has 0 radical (unpaired) electrons. The fourth-order valence-electron chi connectivity index (χ4n) is 3.08. The topological polar surface area (TPSA) is 55.1 Å². The lowest BCUT2D eigenvalue weighted by atomic mass is 10.00. The summed E-state index contributed by atoms with van der Waals surface area (Å²) in [7, 11) is 0. The van der Waals surface area contributed by atoms with E-state index in [4.69, 9.17) is 5.73 Å². The molecule has 0 aliphatic heterocycles. The SMILES string of the molecule is NC(CCc1ccccc1)C(=O)NCC1(C2CC2)CC1. The molecule has 108 valence electrons. The fourth-order valence-corrected chi connectivity index (χ4v) is 3.08. The van der Waals surface area contributed by atoms with Crippen LogP contribution in [0.25, 0.3) is 0 Å². The molecule has 2 aliphatic carbocycles. The van der Waals surface area contributed by atoms with Crippen molar-refractivity contribution in [1.82, 2.24) is 5.32 Å². The molecule has 2 fully saturated rings. The summed E-state index contributed by atoms with van der Waals surface area (Å²) in [4.78, 5) is 12.0. The molecule has 1 unspecified atom stereocenters. The Kier molecular flexibility index (Phi) is 3.79. The van der Waals surface area contributed by atoms with Crippen LogP contribution >= 0.6 is 0 Å². The number of nitrogens with two attached hydrogens (primary N) is 1. The fraction of sp³-hybridized carbons (Fsp3) is 0.588. The van der Waals surface area contributed by atoms with Gasteiger partial charge in [0.05, 0.1) is 6.04 Å². The van der Waals surface area contributed by atoms with Gasteiger partial charge in [0.2, 0.25) is 5.91 Å². The molecule has 0 heterocycles. The van der Waals surface area contributed by atoms with Gasteiger partial charge in [-0.05, 0) is 55.4 Å². The van der Waals surface area contributed by atoms with Gasteiger partial charge in [-0.15, -0.1) is 0 Å². The molecule has 20 heavy (non-hydrogen) atoms. The third-order valence-corrected chi connectivity index (χ3v) is 4.87. The molecule has 0 saturated heterocycles. The number of benzene rings is 1. The summed E-state index contributed by atoms with van der Waals surface area (Å²) in [6.45, 7) is 0.843. The molecule has 1 aromatic rings. The standard InChI is InChI=1S/C17H24N2O/c18-15(9-6-13-4-2-1-3-5-13)16(20)19-12-17(10-11-17)14-7-8-14/h1-5,14-15H,6-12,18H2,(H,19,20). The number of hydrogen-bond donors (Lipinski definition) is 2. The number of carbonyl (C=O) groups excluding carboxylic acids is 1. The normalized spacial score (nSPS) is 21.2. The minimum Gasteiger partial charge on any atom is -0.354 e. The molecule has 3 rings (SSSR count). The Hall–Kier alpha value is -1.35. The van der Waals surface area contributed by atoms with E-state index >= 15 is 0 Å². The van der Waals surface area contributed by atoms with Gasteiger partial charge in [-0.1, -0.05) is 30.3 Å². The van der Waals surface area contributed by atoms with E-state index in [1.807, 2.05) is 18.2 Å². The van der Waals surface area contributed by atoms with E-state index in [0.717, 1.165) is 18.9 Å². The third kappa shape index (κ3) is 3.21. The van der Waals surface area contributed by atoms with Gasteiger partial charge in [0.15, 0.2) is 0 Å². The lowest BCUT2D eigenvalue weighted by molar-refractivity contribution is -0.122. The number of carbonyl (C=O) groups is 1. The summed E-state index contributed by atoms with van der Waals surface area (Å²) in [5, 5.41) is 3.08. The van der Waals surface area contributed by atoms with E-state index in [2.05, 4.69) is 17.4 Å². The summed E-state index contributed by atoms with van der Waals surface area (Å²) >= 11 is 0. The number of rotatable bonds is 7.